The molecule has 1 aromatic carbocycles. The lowest BCUT2D eigenvalue weighted by Gasteiger charge is -2.35. The Kier molecular flexibility index (Phi) is 4.04. The van der Waals surface area contributed by atoms with Gasteiger partial charge in [0.15, 0.2) is 0 Å². The highest BCUT2D eigenvalue weighted by atomic mass is 79.9. The molecule has 0 saturated heterocycles. The molecular weight excluding hydrogens is 321 g/mol. The van der Waals surface area contributed by atoms with Crippen molar-refractivity contribution in [2.45, 2.75) is 50.5 Å². The number of nitrogens with two attached hydrogens (primary N) is 1. The van der Waals surface area contributed by atoms with Crippen molar-refractivity contribution in [2.75, 3.05) is 6.61 Å². The van der Waals surface area contributed by atoms with Gasteiger partial charge in [-0.3, -0.25) is 0 Å². The van der Waals surface area contributed by atoms with E-state index in [1.807, 2.05) is 0 Å². The Morgan fingerprint density at radius 3 is 2.60 bits per heavy atom. The Labute approximate surface area is 128 Å². The summed E-state index contributed by atoms with van der Waals surface area (Å²) in [5.74, 6) is 1.17. The first-order valence-corrected chi connectivity index (χ1v) is 8.29. The van der Waals surface area contributed by atoms with Crippen LogP contribution in [0, 0.1) is 11.7 Å². The number of ether oxygens (including phenoxy) is 1. The van der Waals surface area contributed by atoms with Crippen molar-refractivity contribution in [1.82, 2.24) is 0 Å². The van der Waals surface area contributed by atoms with Gasteiger partial charge in [0.1, 0.15) is 11.6 Å². The van der Waals surface area contributed by atoms with E-state index in [9.17, 15) is 4.39 Å². The summed E-state index contributed by atoms with van der Waals surface area (Å²) < 4.78 is 20.5. The standard InChI is InChI=1S/C16H21BrFNO/c17-14-9-12(18)8-13(15(14)20-10-11-4-5-11)16(19)6-2-1-3-7-16/h8-9,11H,1-7,10,19H2. The maximum absolute atomic E-state index is 13.8. The summed E-state index contributed by atoms with van der Waals surface area (Å²) in [6.45, 7) is 0.716. The lowest BCUT2D eigenvalue weighted by Crippen LogP contribution is -2.39. The van der Waals surface area contributed by atoms with Crippen LogP contribution in [-0.2, 0) is 5.54 Å². The van der Waals surface area contributed by atoms with Crippen LogP contribution in [0.4, 0.5) is 4.39 Å². The summed E-state index contributed by atoms with van der Waals surface area (Å²) in [7, 11) is 0. The van der Waals surface area contributed by atoms with Crippen molar-refractivity contribution in [3.05, 3.63) is 28.0 Å². The van der Waals surface area contributed by atoms with Crippen LogP contribution >= 0.6 is 15.9 Å². The lowest BCUT2D eigenvalue weighted by atomic mass is 9.77. The third-order valence-corrected chi connectivity index (χ3v) is 5.04. The minimum atomic E-state index is -0.443. The second-order valence-electron chi connectivity index (χ2n) is 6.24. The third-order valence-electron chi connectivity index (χ3n) is 4.45. The molecule has 0 bridgehead atoms. The summed E-state index contributed by atoms with van der Waals surface area (Å²) >= 11 is 3.44. The molecule has 2 nitrogen and oxygen atoms in total. The minimum Gasteiger partial charge on any atom is -0.492 e. The van der Waals surface area contributed by atoms with Crippen LogP contribution < -0.4 is 10.5 Å². The molecule has 2 N–H and O–H groups in total. The second kappa shape index (κ2) is 5.64. The van der Waals surface area contributed by atoms with Crippen LogP contribution in [0.2, 0.25) is 0 Å². The molecule has 0 aliphatic heterocycles. The Morgan fingerprint density at radius 1 is 1.25 bits per heavy atom. The van der Waals surface area contributed by atoms with Crippen molar-refractivity contribution < 1.29 is 9.13 Å². The fourth-order valence-electron chi connectivity index (χ4n) is 3.01. The molecule has 4 heteroatoms. The monoisotopic (exact) mass is 341 g/mol. The molecule has 0 aromatic heterocycles. The van der Waals surface area contributed by atoms with Gasteiger partial charge in [0, 0.05) is 11.1 Å². The molecular formula is C16H21BrFNO. The van der Waals surface area contributed by atoms with Crippen molar-refractivity contribution in [3.63, 3.8) is 0 Å². The zero-order valence-corrected chi connectivity index (χ0v) is 13.2. The van der Waals surface area contributed by atoms with Gasteiger partial charge in [0.2, 0.25) is 0 Å². The topological polar surface area (TPSA) is 35.2 Å². The molecule has 0 amide bonds. The van der Waals surface area contributed by atoms with Gasteiger partial charge >= 0.3 is 0 Å². The third kappa shape index (κ3) is 3.01. The molecule has 2 aliphatic rings. The number of rotatable bonds is 4. The van der Waals surface area contributed by atoms with E-state index in [4.69, 9.17) is 10.5 Å². The zero-order valence-electron chi connectivity index (χ0n) is 11.6. The van der Waals surface area contributed by atoms with Crippen LogP contribution in [0.25, 0.3) is 0 Å². The van der Waals surface area contributed by atoms with Crippen molar-refractivity contribution in [1.29, 1.82) is 0 Å². The largest absolute Gasteiger partial charge is 0.492 e. The molecule has 110 valence electrons. The fourth-order valence-corrected chi connectivity index (χ4v) is 3.56. The Hall–Kier alpha value is -0.610. The quantitative estimate of drug-likeness (QED) is 0.875. The van der Waals surface area contributed by atoms with Gasteiger partial charge in [-0.2, -0.15) is 0 Å². The zero-order chi connectivity index (χ0) is 14.2. The van der Waals surface area contributed by atoms with E-state index in [2.05, 4.69) is 15.9 Å². The first-order valence-electron chi connectivity index (χ1n) is 7.50. The van der Waals surface area contributed by atoms with E-state index in [0.717, 1.165) is 37.0 Å². The highest BCUT2D eigenvalue weighted by Gasteiger charge is 2.34. The molecule has 2 fully saturated rings. The van der Waals surface area contributed by atoms with Crippen molar-refractivity contribution in [2.24, 2.45) is 11.7 Å². The Morgan fingerprint density at radius 2 is 1.95 bits per heavy atom. The van der Waals surface area contributed by atoms with Gasteiger partial charge in [0.25, 0.3) is 0 Å². The van der Waals surface area contributed by atoms with Gasteiger partial charge in [0.05, 0.1) is 11.1 Å². The van der Waals surface area contributed by atoms with Gasteiger partial charge in [-0.15, -0.1) is 0 Å². The summed E-state index contributed by atoms with van der Waals surface area (Å²) in [6.07, 6.45) is 7.71. The molecule has 2 aliphatic carbocycles. The maximum Gasteiger partial charge on any atom is 0.138 e. The maximum atomic E-state index is 13.8. The number of benzene rings is 1. The molecule has 0 radical (unpaired) electrons. The highest BCUT2D eigenvalue weighted by molar-refractivity contribution is 9.10. The van der Waals surface area contributed by atoms with E-state index in [-0.39, 0.29) is 5.82 Å². The van der Waals surface area contributed by atoms with Crippen LogP contribution in [0.15, 0.2) is 16.6 Å². The van der Waals surface area contributed by atoms with Crippen LogP contribution in [0.3, 0.4) is 0 Å². The molecule has 2 saturated carbocycles. The molecule has 0 spiro atoms. The number of hydrogen-bond donors (Lipinski definition) is 1. The van der Waals surface area contributed by atoms with Crippen LogP contribution in [0.5, 0.6) is 5.75 Å². The second-order valence-corrected chi connectivity index (χ2v) is 7.09. The average molecular weight is 342 g/mol. The van der Waals surface area contributed by atoms with Crippen LogP contribution in [-0.4, -0.2) is 6.61 Å². The molecule has 3 rings (SSSR count). The van der Waals surface area contributed by atoms with E-state index in [1.165, 1.54) is 25.3 Å². The van der Waals surface area contributed by atoms with Gasteiger partial charge < -0.3 is 10.5 Å². The summed E-state index contributed by atoms with van der Waals surface area (Å²) in [5, 5.41) is 0. The Bertz CT molecular complexity index is 495. The van der Waals surface area contributed by atoms with Crippen LogP contribution in [0.1, 0.15) is 50.5 Å². The predicted molar refractivity (Wildman–Crippen MR) is 81.3 cm³/mol. The highest BCUT2D eigenvalue weighted by Crippen LogP contribution is 2.43. The fraction of sp³-hybridized carbons (Fsp3) is 0.625. The summed E-state index contributed by atoms with van der Waals surface area (Å²) in [5.41, 5.74) is 6.97. The minimum absolute atomic E-state index is 0.249. The van der Waals surface area contributed by atoms with E-state index in [0.29, 0.717) is 17.0 Å². The first-order chi connectivity index (χ1) is 9.58. The first kappa shape index (κ1) is 14.3. The SMILES string of the molecule is NC1(c2cc(F)cc(Br)c2OCC2CC2)CCCCC1. The molecule has 0 atom stereocenters. The predicted octanol–water partition coefficient (Wildman–Crippen LogP) is 4.50. The smallest absolute Gasteiger partial charge is 0.138 e. The van der Waals surface area contributed by atoms with Crippen molar-refractivity contribution in [3.8, 4) is 5.75 Å². The molecule has 0 unspecified atom stereocenters. The van der Waals surface area contributed by atoms with Gasteiger partial charge in [-0.25, -0.2) is 4.39 Å². The Balaban J connectivity index is 1.93. The molecule has 20 heavy (non-hydrogen) atoms. The number of hydrogen-bond acceptors (Lipinski definition) is 2. The molecule has 0 heterocycles. The van der Waals surface area contributed by atoms with E-state index in [1.54, 1.807) is 6.07 Å². The average Bonchev–Trinajstić information content (AvgIpc) is 3.22. The van der Waals surface area contributed by atoms with Crippen molar-refractivity contribution >= 4 is 15.9 Å². The number of halogens is 2. The summed E-state index contributed by atoms with van der Waals surface area (Å²) in [6, 6.07) is 3.04. The normalized spacial score (nSPS) is 21.8. The lowest BCUT2D eigenvalue weighted by molar-refractivity contribution is 0.260. The van der Waals surface area contributed by atoms with E-state index >= 15 is 0 Å². The van der Waals surface area contributed by atoms with Gasteiger partial charge in [-0.05, 0) is 59.7 Å². The molecule has 1 aromatic rings. The summed E-state index contributed by atoms with van der Waals surface area (Å²) in [4.78, 5) is 0. The van der Waals surface area contributed by atoms with Gasteiger partial charge in [-0.1, -0.05) is 19.3 Å². The van der Waals surface area contributed by atoms with E-state index < -0.39 is 5.54 Å².